The second-order valence-corrected chi connectivity index (χ2v) is 11.5. The highest BCUT2D eigenvalue weighted by molar-refractivity contribution is 5.95. The van der Waals surface area contributed by atoms with Crippen molar-refractivity contribution in [2.45, 2.75) is 63.5 Å². The van der Waals surface area contributed by atoms with Gasteiger partial charge in [0.1, 0.15) is 0 Å². The summed E-state index contributed by atoms with van der Waals surface area (Å²) in [7, 11) is 2.11. The third-order valence-corrected chi connectivity index (χ3v) is 8.04. The summed E-state index contributed by atoms with van der Waals surface area (Å²) in [6.45, 7) is 8.93. The Kier molecular flexibility index (Phi) is 13.4. The van der Waals surface area contributed by atoms with Crippen LogP contribution in [0.25, 0.3) is 0 Å². The van der Waals surface area contributed by atoms with Crippen LogP contribution < -0.4 is 10.6 Å². The smallest absolute Gasteiger partial charge is 0.251 e. The number of hydrogen-bond donors (Lipinski definition) is 3. The minimum absolute atomic E-state index is 0.0272. The number of aliphatic hydroxyl groups is 1. The molecular formula is C32H48N6O4. The predicted octanol–water partition coefficient (Wildman–Crippen LogP) is 2.28. The Morgan fingerprint density at radius 1 is 1.14 bits per heavy atom. The summed E-state index contributed by atoms with van der Waals surface area (Å²) in [5.41, 5.74) is -0.0848. The van der Waals surface area contributed by atoms with Gasteiger partial charge in [0.25, 0.3) is 5.91 Å². The summed E-state index contributed by atoms with van der Waals surface area (Å²) in [6.07, 6.45) is 9.93. The van der Waals surface area contributed by atoms with Gasteiger partial charge in [-0.3, -0.25) is 19.3 Å². The molecule has 3 amide bonds. The molecule has 42 heavy (non-hydrogen) atoms. The van der Waals surface area contributed by atoms with E-state index in [1.807, 2.05) is 44.2 Å². The highest BCUT2D eigenvalue weighted by Gasteiger charge is 2.29. The molecule has 0 aromatic heterocycles. The number of benzene rings is 1. The SMILES string of the molecule is CCC(O)(CCNC(=O)C[C@@H](C)c1ccccc1)CN1/C=N\C=C\C(NC(=O)CCN2CCN(C)CC2)C/C=C/C1=O. The third kappa shape index (κ3) is 11.5. The van der Waals surface area contributed by atoms with Crippen molar-refractivity contribution in [3.8, 4) is 0 Å². The van der Waals surface area contributed by atoms with Crippen LogP contribution in [0.1, 0.15) is 57.4 Å². The number of nitrogens with one attached hydrogen (secondary N) is 2. The fourth-order valence-corrected chi connectivity index (χ4v) is 5.02. The highest BCUT2D eigenvalue weighted by Crippen LogP contribution is 2.19. The second kappa shape index (κ2) is 16.9. The lowest BCUT2D eigenvalue weighted by atomic mass is 9.95. The van der Waals surface area contributed by atoms with Crippen LogP contribution in [-0.2, 0) is 14.4 Å². The number of likely N-dealkylation sites (N-methyl/N-ethyl adjacent to an activating group) is 1. The molecule has 3 atom stereocenters. The average molecular weight is 581 g/mol. The molecule has 10 nitrogen and oxygen atoms in total. The van der Waals surface area contributed by atoms with E-state index in [2.05, 4.69) is 32.5 Å². The highest BCUT2D eigenvalue weighted by atomic mass is 16.3. The van der Waals surface area contributed by atoms with Gasteiger partial charge in [-0.2, -0.15) is 0 Å². The van der Waals surface area contributed by atoms with Crippen molar-refractivity contribution in [2.24, 2.45) is 4.99 Å². The van der Waals surface area contributed by atoms with E-state index in [1.165, 1.54) is 17.3 Å². The van der Waals surface area contributed by atoms with Gasteiger partial charge in [0.2, 0.25) is 11.8 Å². The summed E-state index contributed by atoms with van der Waals surface area (Å²) in [5, 5.41) is 17.2. The molecule has 10 heteroatoms. The Bertz CT molecular complexity index is 1100. The van der Waals surface area contributed by atoms with E-state index in [9.17, 15) is 19.5 Å². The van der Waals surface area contributed by atoms with Crippen LogP contribution in [0, 0.1) is 0 Å². The minimum atomic E-state index is -1.19. The van der Waals surface area contributed by atoms with Gasteiger partial charge in [0.15, 0.2) is 0 Å². The zero-order valence-electron chi connectivity index (χ0n) is 25.4. The van der Waals surface area contributed by atoms with E-state index in [4.69, 9.17) is 0 Å². The molecule has 1 aromatic rings. The van der Waals surface area contributed by atoms with Crippen LogP contribution in [0.4, 0.5) is 0 Å². The Hall–Kier alpha value is -3.34. The van der Waals surface area contributed by atoms with Crippen molar-refractivity contribution in [2.75, 3.05) is 52.9 Å². The molecule has 2 aliphatic heterocycles. The number of carbonyl (C=O) groups is 3. The van der Waals surface area contributed by atoms with E-state index in [0.717, 1.165) is 38.3 Å². The first-order chi connectivity index (χ1) is 20.2. The monoisotopic (exact) mass is 580 g/mol. The minimum Gasteiger partial charge on any atom is -0.388 e. The number of β-amino-alcohol motifs (C(OH)–C–C–N with tert-alkyl or cyclic N) is 1. The molecule has 1 fully saturated rings. The lowest BCUT2D eigenvalue weighted by Gasteiger charge is -2.32. The molecule has 1 saturated heterocycles. The normalized spacial score (nSPS) is 22.9. The van der Waals surface area contributed by atoms with Crippen LogP contribution >= 0.6 is 0 Å². The van der Waals surface area contributed by atoms with Gasteiger partial charge >= 0.3 is 0 Å². The van der Waals surface area contributed by atoms with E-state index in [1.54, 1.807) is 18.4 Å². The summed E-state index contributed by atoms with van der Waals surface area (Å²) in [5.74, 6) is -0.313. The zero-order chi connectivity index (χ0) is 30.4. The molecule has 0 aliphatic carbocycles. The maximum absolute atomic E-state index is 12.9. The molecule has 1 aromatic carbocycles. The summed E-state index contributed by atoms with van der Waals surface area (Å²) >= 11 is 0. The lowest BCUT2D eigenvalue weighted by Crippen LogP contribution is -2.46. The van der Waals surface area contributed by atoms with Crippen molar-refractivity contribution in [3.05, 3.63) is 60.3 Å². The Morgan fingerprint density at radius 3 is 2.60 bits per heavy atom. The van der Waals surface area contributed by atoms with Crippen LogP contribution in [0.15, 0.2) is 59.8 Å². The molecule has 2 heterocycles. The van der Waals surface area contributed by atoms with Crippen LogP contribution in [0.3, 0.4) is 0 Å². The molecule has 3 N–H and O–H groups in total. The summed E-state index contributed by atoms with van der Waals surface area (Å²) in [6, 6.07) is 9.63. The van der Waals surface area contributed by atoms with Gasteiger partial charge < -0.3 is 25.5 Å². The first-order valence-electron chi connectivity index (χ1n) is 15.1. The Morgan fingerprint density at radius 2 is 1.88 bits per heavy atom. The first-order valence-corrected chi connectivity index (χ1v) is 15.1. The van der Waals surface area contributed by atoms with Crippen molar-refractivity contribution >= 4 is 24.1 Å². The fraction of sp³-hybridized carbons (Fsp3) is 0.562. The number of carbonyl (C=O) groups excluding carboxylic acids is 3. The van der Waals surface area contributed by atoms with E-state index in [-0.39, 0.29) is 36.2 Å². The molecule has 0 saturated carbocycles. The predicted molar refractivity (Wildman–Crippen MR) is 166 cm³/mol. The van der Waals surface area contributed by atoms with Gasteiger partial charge in [0.05, 0.1) is 24.5 Å². The fourth-order valence-electron chi connectivity index (χ4n) is 5.02. The summed E-state index contributed by atoms with van der Waals surface area (Å²) in [4.78, 5) is 48.2. The van der Waals surface area contributed by atoms with E-state index >= 15 is 0 Å². The Labute approximate surface area is 250 Å². The topological polar surface area (TPSA) is 118 Å². The lowest BCUT2D eigenvalue weighted by molar-refractivity contribution is -0.125. The van der Waals surface area contributed by atoms with Crippen molar-refractivity contribution < 1.29 is 19.5 Å². The number of aliphatic imine (C=N–C) groups is 1. The van der Waals surface area contributed by atoms with Gasteiger partial charge in [-0.15, -0.1) is 0 Å². The van der Waals surface area contributed by atoms with Crippen molar-refractivity contribution in [1.82, 2.24) is 25.3 Å². The van der Waals surface area contributed by atoms with Crippen molar-refractivity contribution in [1.29, 1.82) is 0 Å². The molecule has 0 radical (unpaired) electrons. The van der Waals surface area contributed by atoms with Crippen LogP contribution in [-0.4, -0.2) is 108 Å². The van der Waals surface area contributed by atoms with Crippen LogP contribution in [0.5, 0.6) is 0 Å². The standard InChI is InChI=1S/C32H48N6O4/c1-4-32(42,15-17-34-30(40)23-26(2)27-9-6-5-7-10-27)24-38-25-33-16-13-28(11-8-12-31(38)41)35-29(39)14-18-37-21-19-36(3)20-22-37/h5-10,12-13,16,25-26,28,42H,4,11,14-15,17-24H2,1-3H3,(H,34,40)(H,35,39)/b12-8+,16-13+,33-25-/t26-,28?,32?/m1/s1. The van der Waals surface area contributed by atoms with Gasteiger partial charge in [-0.05, 0) is 49.9 Å². The van der Waals surface area contributed by atoms with E-state index in [0.29, 0.717) is 38.6 Å². The van der Waals surface area contributed by atoms with Crippen molar-refractivity contribution in [3.63, 3.8) is 0 Å². The van der Waals surface area contributed by atoms with Gasteiger partial charge in [-0.1, -0.05) is 50.3 Å². The molecule has 0 spiro atoms. The average Bonchev–Trinajstić information content (AvgIpc) is 2.98. The van der Waals surface area contributed by atoms with E-state index < -0.39 is 5.60 Å². The molecule has 2 unspecified atom stereocenters. The largest absolute Gasteiger partial charge is 0.388 e. The molecular weight excluding hydrogens is 532 g/mol. The number of rotatable bonds is 13. The summed E-state index contributed by atoms with van der Waals surface area (Å²) < 4.78 is 0. The Balaban J connectivity index is 1.46. The zero-order valence-corrected chi connectivity index (χ0v) is 25.4. The van der Waals surface area contributed by atoms with Gasteiger partial charge in [-0.25, -0.2) is 4.99 Å². The second-order valence-electron chi connectivity index (χ2n) is 11.5. The first kappa shape index (κ1) is 33.2. The molecule has 2 aliphatic rings. The number of amides is 3. The quantitative estimate of drug-likeness (QED) is 0.330. The molecule has 3 rings (SSSR count). The van der Waals surface area contributed by atoms with Gasteiger partial charge in [0, 0.05) is 58.3 Å². The molecule has 0 bridgehead atoms. The number of piperazine rings is 1. The number of nitrogens with zero attached hydrogens (tertiary/aromatic N) is 4. The maximum atomic E-state index is 12.9. The third-order valence-electron chi connectivity index (χ3n) is 8.04. The molecule has 230 valence electrons. The number of hydrogen-bond acceptors (Lipinski definition) is 7. The maximum Gasteiger partial charge on any atom is 0.251 e. The van der Waals surface area contributed by atoms with Crippen LogP contribution in [0.2, 0.25) is 0 Å².